The van der Waals surface area contributed by atoms with Crippen LogP contribution in [-0.2, 0) is 4.74 Å². The Morgan fingerprint density at radius 1 is 1.37 bits per heavy atom. The minimum absolute atomic E-state index is 0.0859. The third-order valence-electron chi connectivity index (χ3n) is 2.38. The van der Waals surface area contributed by atoms with Gasteiger partial charge in [-0.2, -0.15) is 5.10 Å². The lowest BCUT2D eigenvalue weighted by molar-refractivity contribution is 0.0594. The number of nitrogens with zero attached hydrogens (tertiary/aromatic N) is 3. The summed E-state index contributed by atoms with van der Waals surface area (Å²) in [6.07, 6.45) is 2.66. The van der Waals surface area contributed by atoms with Gasteiger partial charge in [-0.25, -0.2) is 14.5 Å². The van der Waals surface area contributed by atoms with E-state index in [0.717, 1.165) is 0 Å². The second kappa shape index (κ2) is 4.77. The molecule has 4 N–H and O–H groups in total. The fraction of sp³-hybridized carbons (Fsp3) is 0.0909. The summed E-state index contributed by atoms with van der Waals surface area (Å²) in [4.78, 5) is 26.4. The topological polar surface area (TPSA) is 126 Å². The van der Waals surface area contributed by atoms with E-state index in [-0.39, 0.29) is 17.1 Å². The number of nitrogen functional groups attached to an aromatic ring is 1. The first kappa shape index (κ1) is 12.6. The van der Waals surface area contributed by atoms with Gasteiger partial charge in [-0.3, -0.25) is 4.79 Å². The Kier molecular flexibility index (Phi) is 3.15. The zero-order chi connectivity index (χ0) is 14.0. The van der Waals surface area contributed by atoms with E-state index in [0.29, 0.717) is 5.69 Å². The number of pyridine rings is 1. The first-order chi connectivity index (χ1) is 9.02. The van der Waals surface area contributed by atoms with Crippen LogP contribution < -0.4 is 11.5 Å². The van der Waals surface area contributed by atoms with Crippen molar-refractivity contribution >= 4 is 17.6 Å². The summed E-state index contributed by atoms with van der Waals surface area (Å²) in [6, 6.07) is 2.93. The highest BCUT2D eigenvalue weighted by molar-refractivity contribution is 5.92. The number of primary amides is 1. The fourth-order valence-electron chi connectivity index (χ4n) is 1.43. The van der Waals surface area contributed by atoms with Gasteiger partial charge in [0.05, 0.1) is 24.6 Å². The molecule has 2 aromatic rings. The predicted molar refractivity (Wildman–Crippen MR) is 65.6 cm³/mol. The molecule has 0 saturated carbocycles. The van der Waals surface area contributed by atoms with Crippen LogP contribution in [0.2, 0.25) is 0 Å². The molecule has 0 aliphatic carbocycles. The molecule has 0 aromatic carbocycles. The van der Waals surface area contributed by atoms with Crippen molar-refractivity contribution < 1.29 is 14.3 Å². The minimum atomic E-state index is -0.617. The summed E-state index contributed by atoms with van der Waals surface area (Å²) >= 11 is 0. The van der Waals surface area contributed by atoms with Crippen LogP contribution in [0.4, 0.5) is 5.69 Å². The number of rotatable bonds is 3. The van der Waals surface area contributed by atoms with Crippen LogP contribution in [0.1, 0.15) is 20.8 Å². The average Bonchev–Trinajstić information content (AvgIpc) is 2.88. The van der Waals surface area contributed by atoms with Crippen LogP contribution >= 0.6 is 0 Å². The molecule has 0 bridgehead atoms. The van der Waals surface area contributed by atoms with Gasteiger partial charge in [-0.05, 0) is 12.1 Å². The van der Waals surface area contributed by atoms with Crippen molar-refractivity contribution in [1.29, 1.82) is 0 Å². The van der Waals surface area contributed by atoms with Gasteiger partial charge in [0.15, 0.2) is 11.5 Å². The summed E-state index contributed by atoms with van der Waals surface area (Å²) < 4.78 is 5.83. The Balaban J connectivity index is 2.48. The molecular weight excluding hydrogens is 250 g/mol. The van der Waals surface area contributed by atoms with Gasteiger partial charge in [0, 0.05) is 6.20 Å². The van der Waals surface area contributed by atoms with Crippen LogP contribution in [-0.4, -0.2) is 33.8 Å². The first-order valence-electron chi connectivity index (χ1n) is 5.22. The molecule has 2 aromatic heterocycles. The second-order valence-electron chi connectivity index (χ2n) is 3.64. The van der Waals surface area contributed by atoms with Gasteiger partial charge >= 0.3 is 5.97 Å². The monoisotopic (exact) mass is 261 g/mol. The van der Waals surface area contributed by atoms with Gasteiger partial charge in [-0.15, -0.1) is 0 Å². The summed E-state index contributed by atoms with van der Waals surface area (Å²) in [5.74, 6) is -0.993. The summed E-state index contributed by atoms with van der Waals surface area (Å²) in [5, 5.41) is 3.92. The Hall–Kier alpha value is -2.90. The highest BCUT2D eigenvalue weighted by Crippen LogP contribution is 2.15. The number of carbonyl (C=O) groups is 2. The molecule has 2 rings (SSSR count). The van der Waals surface area contributed by atoms with Crippen LogP contribution in [0.3, 0.4) is 0 Å². The van der Waals surface area contributed by atoms with Crippen LogP contribution in [0, 0.1) is 0 Å². The summed E-state index contributed by atoms with van der Waals surface area (Å²) in [7, 11) is 1.25. The maximum Gasteiger partial charge on any atom is 0.356 e. The Labute approximate surface area is 108 Å². The fourth-order valence-corrected chi connectivity index (χ4v) is 1.43. The standard InChI is InChI=1S/C11H11N5O3/c1-19-11(18)8-3-2-7(12)10(15-8)16-5-6(4-14-16)9(13)17/h2-5H,12H2,1H3,(H2,13,17). The molecule has 1 amide bonds. The number of carbonyl (C=O) groups excluding carboxylic acids is 2. The number of methoxy groups -OCH3 is 1. The minimum Gasteiger partial charge on any atom is -0.464 e. The summed E-state index contributed by atoms with van der Waals surface area (Å²) in [6.45, 7) is 0. The van der Waals surface area contributed by atoms with E-state index in [1.807, 2.05) is 0 Å². The van der Waals surface area contributed by atoms with Crippen molar-refractivity contribution in [3.8, 4) is 5.82 Å². The van der Waals surface area contributed by atoms with Crippen molar-refractivity contribution in [2.24, 2.45) is 5.73 Å². The predicted octanol–water partition coefficient (Wildman–Crippen LogP) is -0.265. The van der Waals surface area contributed by atoms with E-state index in [1.54, 1.807) is 0 Å². The maximum absolute atomic E-state index is 11.4. The molecule has 0 fully saturated rings. The van der Waals surface area contributed by atoms with Crippen LogP contribution in [0.25, 0.3) is 5.82 Å². The van der Waals surface area contributed by atoms with E-state index in [2.05, 4.69) is 14.8 Å². The molecule has 8 nitrogen and oxygen atoms in total. The van der Waals surface area contributed by atoms with Gasteiger partial charge in [0.2, 0.25) is 0 Å². The van der Waals surface area contributed by atoms with Crippen molar-refractivity contribution in [2.75, 3.05) is 12.8 Å². The third-order valence-corrected chi connectivity index (χ3v) is 2.38. The molecule has 2 heterocycles. The molecular formula is C11H11N5O3. The SMILES string of the molecule is COC(=O)c1ccc(N)c(-n2cc(C(N)=O)cn2)n1. The molecule has 0 aliphatic heterocycles. The molecule has 0 radical (unpaired) electrons. The number of aromatic nitrogens is 3. The number of nitrogens with two attached hydrogens (primary N) is 2. The third kappa shape index (κ3) is 2.37. The number of amides is 1. The lowest BCUT2D eigenvalue weighted by Gasteiger charge is -2.06. The second-order valence-corrected chi connectivity index (χ2v) is 3.64. The van der Waals surface area contributed by atoms with Crippen molar-refractivity contribution in [1.82, 2.24) is 14.8 Å². The Morgan fingerprint density at radius 2 is 2.11 bits per heavy atom. The number of hydrogen-bond acceptors (Lipinski definition) is 6. The molecule has 0 atom stereocenters. The number of ether oxygens (including phenoxy) is 1. The Morgan fingerprint density at radius 3 is 2.68 bits per heavy atom. The van der Waals surface area contributed by atoms with Crippen molar-refractivity contribution in [3.63, 3.8) is 0 Å². The lowest BCUT2D eigenvalue weighted by atomic mass is 10.3. The zero-order valence-electron chi connectivity index (χ0n) is 10.0. The molecule has 98 valence electrons. The highest BCUT2D eigenvalue weighted by Gasteiger charge is 2.13. The summed E-state index contributed by atoms with van der Waals surface area (Å²) in [5.41, 5.74) is 11.5. The average molecular weight is 261 g/mol. The van der Waals surface area contributed by atoms with E-state index in [9.17, 15) is 9.59 Å². The van der Waals surface area contributed by atoms with E-state index >= 15 is 0 Å². The number of hydrogen-bond donors (Lipinski definition) is 2. The van der Waals surface area contributed by atoms with Gasteiger partial charge in [-0.1, -0.05) is 0 Å². The van der Waals surface area contributed by atoms with Crippen LogP contribution in [0.5, 0.6) is 0 Å². The van der Waals surface area contributed by atoms with E-state index in [4.69, 9.17) is 11.5 Å². The molecule has 19 heavy (non-hydrogen) atoms. The molecule has 8 heteroatoms. The van der Waals surface area contributed by atoms with Crippen molar-refractivity contribution in [3.05, 3.63) is 35.8 Å². The molecule has 0 unspecified atom stereocenters. The van der Waals surface area contributed by atoms with Crippen LogP contribution in [0.15, 0.2) is 24.5 Å². The first-order valence-corrected chi connectivity index (χ1v) is 5.22. The van der Waals surface area contributed by atoms with Gasteiger partial charge in [0.25, 0.3) is 5.91 Å². The van der Waals surface area contributed by atoms with Crippen molar-refractivity contribution in [2.45, 2.75) is 0 Å². The molecule has 0 spiro atoms. The quantitative estimate of drug-likeness (QED) is 0.732. The smallest absolute Gasteiger partial charge is 0.356 e. The number of anilines is 1. The zero-order valence-corrected chi connectivity index (χ0v) is 10.0. The highest BCUT2D eigenvalue weighted by atomic mass is 16.5. The number of esters is 1. The maximum atomic E-state index is 11.4. The van der Waals surface area contributed by atoms with E-state index < -0.39 is 11.9 Å². The van der Waals surface area contributed by atoms with E-state index in [1.165, 1.54) is 36.3 Å². The lowest BCUT2D eigenvalue weighted by Crippen LogP contribution is -2.11. The molecule has 0 saturated heterocycles. The Bertz CT molecular complexity index is 650. The van der Waals surface area contributed by atoms with Gasteiger partial charge < -0.3 is 16.2 Å². The molecule has 0 aliphatic rings. The van der Waals surface area contributed by atoms with Gasteiger partial charge in [0.1, 0.15) is 0 Å². The normalized spacial score (nSPS) is 10.2. The largest absolute Gasteiger partial charge is 0.464 e.